The molecule has 2 N–H and O–H groups in total. The van der Waals surface area contributed by atoms with E-state index in [-0.39, 0.29) is 5.82 Å². The van der Waals surface area contributed by atoms with Crippen LogP contribution in [0.5, 0.6) is 5.75 Å². The maximum absolute atomic E-state index is 14.1. The maximum Gasteiger partial charge on any atom is 0.149 e. The molecule has 106 valence electrons. The average Bonchev–Trinajstić information content (AvgIpc) is 2.47. The minimum atomic E-state index is -0.370. The molecule has 0 aromatic heterocycles. The summed E-state index contributed by atoms with van der Waals surface area (Å²) < 4.78 is 19.2. The fourth-order valence-corrected chi connectivity index (χ4v) is 2.09. The van der Waals surface area contributed by atoms with Crippen LogP contribution in [0.15, 0.2) is 36.4 Å². The first-order valence-corrected chi connectivity index (χ1v) is 6.52. The van der Waals surface area contributed by atoms with Crippen LogP contribution < -0.4 is 15.4 Å². The summed E-state index contributed by atoms with van der Waals surface area (Å²) in [7, 11) is 3.33. The molecule has 0 spiro atoms. The van der Waals surface area contributed by atoms with Gasteiger partial charge in [-0.05, 0) is 24.1 Å². The molecule has 0 fully saturated rings. The molecular weight excluding hydrogens is 255 g/mol. The van der Waals surface area contributed by atoms with Gasteiger partial charge in [0, 0.05) is 24.9 Å². The van der Waals surface area contributed by atoms with Gasteiger partial charge in [-0.25, -0.2) is 4.39 Å². The standard InChI is InChI=1S/C16H19FN2O/c1-4-11-5-7-12(8-6-11)19(2)15-10-16(20-3)14(18)9-13(15)17/h5-10H,4,18H2,1-3H3. The molecule has 0 aliphatic rings. The molecule has 0 atom stereocenters. The van der Waals surface area contributed by atoms with Gasteiger partial charge in [-0.2, -0.15) is 0 Å². The van der Waals surface area contributed by atoms with E-state index in [0.29, 0.717) is 17.1 Å². The number of nitrogen functional groups attached to an aromatic ring is 1. The van der Waals surface area contributed by atoms with E-state index in [9.17, 15) is 4.39 Å². The summed E-state index contributed by atoms with van der Waals surface area (Å²) in [5.74, 6) is 0.101. The van der Waals surface area contributed by atoms with Gasteiger partial charge in [-0.3, -0.25) is 0 Å². The molecule has 0 unspecified atom stereocenters. The molecule has 0 heterocycles. The molecule has 4 heteroatoms. The van der Waals surface area contributed by atoms with Crippen LogP contribution in [0.1, 0.15) is 12.5 Å². The van der Waals surface area contributed by atoms with Crippen molar-refractivity contribution >= 4 is 17.1 Å². The number of anilines is 3. The molecule has 0 saturated carbocycles. The molecule has 2 rings (SSSR count). The number of nitrogens with two attached hydrogens (primary N) is 1. The predicted molar refractivity (Wildman–Crippen MR) is 81.2 cm³/mol. The van der Waals surface area contributed by atoms with Crippen LogP contribution in [0.25, 0.3) is 0 Å². The highest BCUT2D eigenvalue weighted by molar-refractivity contribution is 5.69. The van der Waals surface area contributed by atoms with Crippen LogP contribution in [0.3, 0.4) is 0 Å². The van der Waals surface area contributed by atoms with Crippen LogP contribution >= 0.6 is 0 Å². The number of methoxy groups -OCH3 is 1. The van der Waals surface area contributed by atoms with E-state index >= 15 is 0 Å². The molecule has 0 bridgehead atoms. The number of halogens is 1. The van der Waals surface area contributed by atoms with Crippen LogP contribution in [0, 0.1) is 5.82 Å². The second kappa shape index (κ2) is 5.82. The van der Waals surface area contributed by atoms with E-state index < -0.39 is 0 Å². The summed E-state index contributed by atoms with van der Waals surface area (Å²) in [4.78, 5) is 1.77. The zero-order valence-corrected chi connectivity index (χ0v) is 12.0. The topological polar surface area (TPSA) is 38.5 Å². The van der Waals surface area contributed by atoms with Crippen LogP contribution in [-0.4, -0.2) is 14.2 Å². The van der Waals surface area contributed by atoms with Crippen molar-refractivity contribution in [1.82, 2.24) is 0 Å². The Bertz CT molecular complexity index is 596. The summed E-state index contributed by atoms with van der Waals surface area (Å²) >= 11 is 0. The fraction of sp³-hybridized carbons (Fsp3) is 0.250. The first-order chi connectivity index (χ1) is 9.56. The monoisotopic (exact) mass is 274 g/mol. The Kier molecular flexibility index (Phi) is 4.13. The van der Waals surface area contributed by atoms with Gasteiger partial charge >= 0.3 is 0 Å². The zero-order chi connectivity index (χ0) is 14.7. The summed E-state index contributed by atoms with van der Waals surface area (Å²) in [5, 5.41) is 0. The van der Waals surface area contributed by atoms with Crippen molar-refractivity contribution in [2.45, 2.75) is 13.3 Å². The highest BCUT2D eigenvalue weighted by Crippen LogP contribution is 2.33. The van der Waals surface area contributed by atoms with E-state index in [2.05, 4.69) is 6.92 Å². The summed E-state index contributed by atoms with van der Waals surface area (Å²) in [5.41, 5.74) is 8.58. The first kappa shape index (κ1) is 14.2. The van der Waals surface area contributed by atoms with Crippen molar-refractivity contribution in [2.75, 3.05) is 24.8 Å². The summed E-state index contributed by atoms with van der Waals surface area (Å²) in [6.07, 6.45) is 0.980. The lowest BCUT2D eigenvalue weighted by Gasteiger charge is -2.21. The Hall–Kier alpha value is -2.23. The van der Waals surface area contributed by atoms with Crippen molar-refractivity contribution in [3.8, 4) is 5.75 Å². The summed E-state index contributed by atoms with van der Waals surface area (Å²) in [6.45, 7) is 2.10. The predicted octanol–water partition coefficient (Wildman–Crippen LogP) is 3.75. The third kappa shape index (κ3) is 2.69. The lowest BCUT2D eigenvalue weighted by atomic mass is 10.1. The van der Waals surface area contributed by atoms with Gasteiger partial charge in [0.05, 0.1) is 18.5 Å². The molecular formula is C16H19FN2O. The Morgan fingerprint density at radius 3 is 2.40 bits per heavy atom. The molecule has 2 aromatic rings. The Morgan fingerprint density at radius 2 is 1.85 bits per heavy atom. The maximum atomic E-state index is 14.1. The number of nitrogens with zero attached hydrogens (tertiary/aromatic N) is 1. The highest BCUT2D eigenvalue weighted by Gasteiger charge is 2.13. The third-order valence-electron chi connectivity index (χ3n) is 3.39. The molecule has 0 aliphatic heterocycles. The number of hydrogen-bond donors (Lipinski definition) is 1. The van der Waals surface area contributed by atoms with Gasteiger partial charge in [0.1, 0.15) is 11.6 Å². The molecule has 0 amide bonds. The van der Waals surface area contributed by atoms with Crippen LogP contribution in [-0.2, 0) is 6.42 Å². The zero-order valence-electron chi connectivity index (χ0n) is 12.0. The van der Waals surface area contributed by atoms with E-state index in [1.54, 1.807) is 11.0 Å². The van der Waals surface area contributed by atoms with Crippen molar-refractivity contribution in [2.24, 2.45) is 0 Å². The Morgan fingerprint density at radius 1 is 1.20 bits per heavy atom. The number of aryl methyl sites for hydroxylation is 1. The molecule has 3 nitrogen and oxygen atoms in total. The second-order valence-electron chi connectivity index (χ2n) is 4.62. The van der Waals surface area contributed by atoms with Gasteiger partial charge in [0.25, 0.3) is 0 Å². The third-order valence-corrected chi connectivity index (χ3v) is 3.39. The minimum Gasteiger partial charge on any atom is -0.495 e. The van der Waals surface area contributed by atoms with Gasteiger partial charge in [0.2, 0.25) is 0 Å². The number of rotatable bonds is 4. The van der Waals surface area contributed by atoms with Crippen LogP contribution in [0.4, 0.5) is 21.5 Å². The number of hydrogen-bond acceptors (Lipinski definition) is 3. The average molecular weight is 274 g/mol. The molecule has 0 radical (unpaired) electrons. The Labute approximate surface area is 118 Å². The van der Waals surface area contributed by atoms with Gasteiger partial charge in [0.15, 0.2) is 0 Å². The van der Waals surface area contributed by atoms with Crippen molar-refractivity contribution in [3.05, 3.63) is 47.8 Å². The van der Waals surface area contributed by atoms with E-state index in [1.165, 1.54) is 18.7 Å². The van der Waals surface area contributed by atoms with Crippen molar-refractivity contribution in [1.29, 1.82) is 0 Å². The number of ether oxygens (including phenoxy) is 1. The molecule has 0 aliphatic carbocycles. The first-order valence-electron chi connectivity index (χ1n) is 6.52. The normalized spacial score (nSPS) is 10.4. The number of benzene rings is 2. The van der Waals surface area contributed by atoms with Gasteiger partial charge in [-0.1, -0.05) is 19.1 Å². The van der Waals surface area contributed by atoms with Gasteiger partial charge in [-0.15, -0.1) is 0 Å². The SMILES string of the molecule is CCc1ccc(N(C)c2cc(OC)c(N)cc2F)cc1. The van der Waals surface area contributed by atoms with Crippen molar-refractivity contribution in [3.63, 3.8) is 0 Å². The molecule has 0 saturated heterocycles. The highest BCUT2D eigenvalue weighted by atomic mass is 19.1. The lowest BCUT2D eigenvalue weighted by Crippen LogP contribution is -2.12. The minimum absolute atomic E-state index is 0.295. The molecule has 2 aromatic carbocycles. The quantitative estimate of drug-likeness (QED) is 0.863. The molecule has 20 heavy (non-hydrogen) atoms. The smallest absolute Gasteiger partial charge is 0.149 e. The fourth-order valence-electron chi connectivity index (χ4n) is 2.09. The Balaban J connectivity index is 2.38. The lowest BCUT2D eigenvalue weighted by molar-refractivity contribution is 0.416. The largest absolute Gasteiger partial charge is 0.495 e. The van der Waals surface area contributed by atoms with E-state index in [0.717, 1.165) is 12.1 Å². The van der Waals surface area contributed by atoms with Gasteiger partial charge < -0.3 is 15.4 Å². The summed E-state index contributed by atoms with van der Waals surface area (Å²) in [6, 6.07) is 10.9. The van der Waals surface area contributed by atoms with Crippen LogP contribution in [0.2, 0.25) is 0 Å². The van der Waals surface area contributed by atoms with Crippen molar-refractivity contribution < 1.29 is 9.13 Å². The van der Waals surface area contributed by atoms with E-state index in [4.69, 9.17) is 10.5 Å². The van der Waals surface area contributed by atoms with E-state index in [1.807, 2.05) is 31.3 Å². The second-order valence-corrected chi connectivity index (χ2v) is 4.62.